The van der Waals surface area contributed by atoms with E-state index in [0.717, 1.165) is 55.8 Å². The number of thiazole rings is 1. The molecule has 2 aromatic heterocycles. The Morgan fingerprint density at radius 2 is 1.38 bits per heavy atom. The van der Waals surface area contributed by atoms with Crippen molar-refractivity contribution in [3.63, 3.8) is 0 Å². The van der Waals surface area contributed by atoms with Gasteiger partial charge in [-0.1, -0.05) is 109 Å². The number of hydrogen-bond acceptors (Lipinski definition) is 5. The Bertz CT molecular complexity index is 2130. The second kappa shape index (κ2) is 13.5. The van der Waals surface area contributed by atoms with Crippen molar-refractivity contribution in [3.05, 3.63) is 168 Å². The standard InChI is InChI=1S/C40H31N5OS/c1-28-17-23-34(24-18-28)42-40-43-36(27-47-40)29-19-21-32(22-20-29)39(46)44-41-26-33-25-37(30-11-5-2-6-12-30)45(35-15-9-4-10-16-35)38(33)31-13-7-3-8-14-31/h2-27H,1H3,(H,42,43)(H,44,46)/b41-26-. The third kappa shape index (κ3) is 6.66. The lowest BCUT2D eigenvalue weighted by Crippen LogP contribution is -2.17. The lowest BCUT2D eigenvalue weighted by molar-refractivity contribution is 0.0955. The zero-order valence-electron chi connectivity index (χ0n) is 25.7. The van der Waals surface area contributed by atoms with Crippen molar-refractivity contribution in [1.82, 2.24) is 15.0 Å². The van der Waals surface area contributed by atoms with Gasteiger partial charge in [-0.2, -0.15) is 5.10 Å². The number of hydrazone groups is 1. The fourth-order valence-corrected chi connectivity index (χ4v) is 6.17. The van der Waals surface area contributed by atoms with Crippen LogP contribution in [0.25, 0.3) is 39.5 Å². The number of carbonyl (C=O) groups excluding carboxylic acids is 1. The van der Waals surface area contributed by atoms with E-state index in [1.807, 2.05) is 84.2 Å². The van der Waals surface area contributed by atoms with E-state index in [-0.39, 0.29) is 5.91 Å². The molecule has 0 spiro atoms. The molecule has 0 saturated heterocycles. The smallest absolute Gasteiger partial charge is 0.271 e. The average molecular weight is 630 g/mol. The van der Waals surface area contributed by atoms with Gasteiger partial charge in [0.25, 0.3) is 5.91 Å². The number of para-hydroxylation sites is 1. The number of benzene rings is 5. The highest BCUT2D eigenvalue weighted by Gasteiger charge is 2.18. The fourth-order valence-electron chi connectivity index (χ4n) is 5.43. The number of rotatable bonds is 9. The van der Waals surface area contributed by atoms with Crippen LogP contribution in [0.2, 0.25) is 0 Å². The number of hydrogen-bond donors (Lipinski definition) is 2. The summed E-state index contributed by atoms with van der Waals surface area (Å²) in [6.07, 6.45) is 1.72. The maximum Gasteiger partial charge on any atom is 0.271 e. The minimum absolute atomic E-state index is 0.292. The van der Waals surface area contributed by atoms with E-state index >= 15 is 0 Å². The largest absolute Gasteiger partial charge is 0.332 e. The zero-order valence-corrected chi connectivity index (χ0v) is 26.5. The predicted octanol–water partition coefficient (Wildman–Crippen LogP) is 9.75. The second-order valence-electron chi connectivity index (χ2n) is 11.0. The summed E-state index contributed by atoms with van der Waals surface area (Å²) in [5.41, 5.74) is 13.3. The van der Waals surface area contributed by atoms with E-state index < -0.39 is 0 Å². The molecule has 0 unspecified atom stereocenters. The van der Waals surface area contributed by atoms with Gasteiger partial charge in [-0.25, -0.2) is 10.4 Å². The van der Waals surface area contributed by atoms with Gasteiger partial charge in [0.2, 0.25) is 0 Å². The van der Waals surface area contributed by atoms with Crippen molar-refractivity contribution in [1.29, 1.82) is 0 Å². The fraction of sp³-hybridized carbons (Fsp3) is 0.0250. The summed E-state index contributed by atoms with van der Waals surface area (Å²) in [6, 6.07) is 48.5. The van der Waals surface area contributed by atoms with Crippen LogP contribution in [0, 0.1) is 6.92 Å². The molecule has 0 saturated carbocycles. The van der Waals surface area contributed by atoms with Crippen LogP contribution in [-0.2, 0) is 0 Å². The van der Waals surface area contributed by atoms with Crippen LogP contribution in [0.4, 0.5) is 10.8 Å². The van der Waals surface area contributed by atoms with Crippen LogP contribution in [0.5, 0.6) is 0 Å². The van der Waals surface area contributed by atoms with E-state index in [1.54, 1.807) is 18.3 Å². The molecule has 2 N–H and O–H groups in total. The van der Waals surface area contributed by atoms with Gasteiger partial charge in [-0.05, 0) is 60.5 Å². The Morgan fingerprint density at radius 1 is 0.745 bits per heavy atom. The number of carbonyl (C=O) groups is 1. The highest BCUT2D eigenvalue weighted by Crippen LogP contribution is 2.35. The van der Waals surface area contributed by atoms with Crippen LogP contribution < -0.4 is 10.7 Å². The summed E-state index contributed by atoms with van der Waals surface area (Å²) in [5, 5.41) is 10.6. The summed E-state index contributed by atoms with van der Waals surface area (Å²) >= 11 is 1.54. The van der Waals surface area contributed by atoms with Crippen molar-refractivity contribution in [2.45, 2.75) is 6.92 Å². The summed E-state index contributed by atoms with van der Waals surface area (Å²) in [5.74, 6) is -0.292. The molecule has 7 rings (SSSR count). The number of anilines is 2. The second-order valence-corrected chi connectivity index (χ2v) is 11.9. The van der Waals surface area contributed by atoms with Crippen molar-refractivity contribution in [2.24, 2.45) is 5.10 Å². The first-order valence-corrected chi connectivity index (χ1v) is 16.2. The lowest BCUT2D eigenvalue weighted by Gasteiger charge is -2.15. The third-order valence-electron chi connectivity index (χ3n) is 7.78. The Kier molecular flexibility index (Phi) is 8.53. The first kappa shape index (κ1) is 29.6. The maximum absolute atomic E-state index is 13.1. The Hall–Kier alpha value is -6.05. The third-order valence-corrected chi connectivity index (χ3v) is 8.54. The van der Waals surface area contributed by atoms with Crippen LogP contribution in [0.3, 0.4) is 0 Å². The number of aryl methyl sites for hydroxylation is 1. The molecule has 0 bridgehead atoms. The van der Waals surface area contributed by atoms with Crippen LogP contribution >= 0.6 is 11.3 Å². The van der Waals surface area contributed by atoms with E-state index in [2.05, 4.69) is 81.9 Å². The van der Waals surface area contributed by atoms with Crippen molar-refractivity contribution in [3.8, 4) is 39.5 Å². The number of aromatic nitrogens is 2. The topological polar surface area (TPSA) is 71.3 Å². The minimum Gasteiger partial charge on any atom is -0.332 e. The van der Waals surface area contributed by atoms with Crippen LogP contribution in [0.15, 0.2) is 156 Å². The monoisotopic (exact) mass is 629 g/mol. The van der Waals surface area contributed by atoms with E-state index in [9.17, 15) is 4.79 Å². The summed E-state index contributed by atoms with van der Waals surface area (Å²) in [7, 11) is 0. The van der Waals surface area contributed by atoms with Crippen molar-refractivity contribution < 1.29 is 4.79 Å². The molecule has 7 heteroatoms. The van der Waals surface area contributed by atoms with Gasteiger partial charge in [-0.3, -0.25) is 4.79 Å². The van der Waals surface area contributed by atoms with E-state index in [4.69, 9.17) is 4.98 Å². The molecule has 1 amide bonds. The van der Waals surface area contributed by atoms with Crippen LogP contribution in [-0.4, -0.2) is 21.7 Å². The predicted molar refractivity (Wildman–Crippen MR) is 194 cm³/mol. The van der Waals surface area contributed by atoms with Gasteiger partial charge in [0.1, 0.15) is 0 Å². The molecule has 0 radical (unpaired) electrons. The van der Waals surface area contributed by atoms with Gasteiger partial charge in [-0.15, -0.1) is 11.3 Å². The van der Waals surface area contributed by atoms with Gasteiger partial charge in [0.15, 0.2) is 5.13 Å². The molecule has 0 aliphatic carbocycles. The Labute approximate surface area is 277 Å². The molecular formula is C40H31N5OS. The molecule has 5 aromatic carbocycles. The number of nitrogens with one attached hydrogen (secondary N) is 2. The molecule has 0 aliphatic heterocycles. The van der Waals surface area contributed by atoms with Crippen molar-refractivity contribution >= 4 is 34.3 Å². The molecule has 228 valence electrons. The Balaban J connectivity index is 1.13. The molecule has 0 aliphatic rings. The summed E-state index contributed by atoms with van der Waals surface area (Å²) in [6.45, 7) is 2.06. The molecule has 0 fully saturated rings. The van der Waals surface area contributed by atoms with Gasteiger partial charge >= 0.3 is 0 Å². The minimum atomic E-state index is -0.292. The molecular weight excluding hydrogens is 599 g/mol. The molecule has 6 nitrogen and oxygen atoms in total. The Morgan fingerprint density at radius 3 is 2.06 bits per heavy atom. The first-order valence-electron chi connectivity index (χ1n) is 15.3. The molecule has 47 heavy (non-hydrogen) atoms. The van der Waals surface area contributed by atoms with Crippen molar-refractivity contribution in [2.75, 3.05) is 5.32 Å². The van der Waals surface area contributed by atoms with E-state index in [1.165, 1.54) is 16.9 Å². The molecule has 2 heterocycles. The van der Waals surface area contributed by atoms with Gasteiger partial charge < -0.3 is 9.88 Å². The van der Waals surface area contributed by atoms with E-state index in [0.29, 0.717) is 5.56 Å². The SMILES string of the molecule is Cc1ccc(Nc2nc(-c3ccc(C(=O)N/N=C\c4cc(-c5ccccc5)n(-c5ccccc5)c4-c4ccccc4)cc3)cs2)cc1. The molecule has 7 aromatic rings. The number of nitrogens with zero attached hydrogens (tertiary/aromatic N) is 3. The van der Waals surface area contributed by atoms with Crippen LogP contribution in [0.1, 0.15) is 21.5 Å². The van der Waals surface area contributed by atoms with Gasteiger partial charge in [0.05, 0.1) is 23.3 Å². The average Bonchev–Trinajstić information content (AvgIpc) is 3.76. The molecule has 0 atom stereocenters. The highest BCUT2D eigenvalue weighted by atomic mass is 32.1. The first-order chi connectivity index (χ1) is 23.1. The summed E-state index contributed by atoms with van der Waals surface area (Å²) in [4.78, 5) is 17.9. The summed E-state index contributed by atoms with van der Waals surface area (Å²) < 4.78 is 2.24. The number of amides is 1. The zero-order chi connectivity index (χ0) is 32.0. The lowest BCUT2D eigenvalue weighted by atomic mass is 10.1. The maximum atomic E-state index is 13.1. The quantitative estimate of drug-likeness (QED) is 0.123. The highest BCUT2D eigenvalue weighted by molar-refractivity contribution is 7.14. The van der Waals surface area contributed by atoms with Gasteiger partial charge in [0, 0.05) is 33.4 Å². The normalized spacial score (nSPS) is 11.1.